The Bertz CT molecular complexity index is 738. The zero-order chi connectivity index (χ0) is 16.6. The third-order valence-electron chi connectivity index (χ3n) is 4.22. The van der Waals surface area contributed by atoms with Gasteiger partial charge in [0, 0.05) is 43.5 Å². The van der Waals surface area contributed by atoms with Crippen LogP contribution in [0.3, 0.4) is 0 Å². The SMILES string of the molecule is CC(=O)Nc1ccn(C2CCN(c3nc(C)nc(C)c3C)C2)n1. The van der Waals surface area contributed by atoms with Crippen LogP contribution in [-0.4, -0.2) is 38.7 Å². The molecule has 0 aromatic carbocycles. The molecule has 1 saturated heterocycles. The van der Waals surface area contributed by atoms with E-state index in [1.54, 1.807) is 0 Å². The predicted octanol–water partition coefficient (Wildman–Crippen LogP) is 2.01. The summed E-state index contributed by atoms with van der Waals surface area (Å²) in [5.74, 6) is 2.32. The van der Waals surface area contributed by atoms with Gasteiger partial charge in [-0.3, -0.25) is 9.48 Å². The maximum absolute atomic E-state index is 11.1. The number of anilines is 2. The Morgan fingerprint density at radius 2 is 2.09 bits per heavy atom. The molecule has 1 amide bonds. The van der Waals surface area contributed by atoms with E-state index in [4.69, 9.17) is 0 Å². The Balaban J connectivity index is 1.76. The molecule has 2 aromatic heterocycles. The minimum atomic E-state index is -0.106. The fraction of sp³-hybridized carbons (Fsp3) is 0.500. The van der Waals surface area contributed by atoms with Crippen LogP contribution in [0.2, 0.25) is 0 Å². The number of rotatable bonds is 3. The van der Waals surface area contributed by atoms with E-state index in [9.17, 15) is 4.79 Å². The number of nitrogens with zero attached hydrogens (tertiary/aromatic N) is 5. The Hall–Kier alpha value is -2.44. The fourth-order valence-electron chi connectivity index (χ4n) is 3.00. The Kier molecular flexibility index (Phi) is 4.02. The summed E-state index contributed by atoms with van der Waals surface area (Å²) in [4.78, 5) is 22.4. The highest BCUT2D eigenvalue weighted by Crippen LogP contribution is 2.28. The highest BCUT2D eigenvalue weighted by Gasteiger charge is 2.27. The Labute approximate surface area is 135 Å². The summed E-state index contributed by atoms with van der Waals surface area (Å²) in [7, 11) is 0. The quantitative estimate of drug-likeness (QED) is 0.938. The van der Waals surface area contributed by atoms with Gasteiger partial charge in [-0.25, -0.2) is 9.97 Å². The van der Waals surface area contributed by atoms with E-state index in [2.05, 4.69) is 32.2 Å². The zero-order valence-corrected chi connectivity index (χ0v) is 14.0. The lowest BCUT2D eigenvalue weighted by atomic mass is 10.2. The van der Waals surface area contributed by atoms with E-state index in [-0.39, 0.29) is 11.9 Å². The molecule has 1 N–H and O–H groups in total. The second kappa shape index (κ2) is 5.98. The number of aryl methyl sites for hydroxylation is 2. The summed E-state index contributed by atoms with van der Waals surface area (Å²) in [6, 6.07) is 2.11. The molecule has 3 rings (SSSR count). The van der Waals surface area contributed by atoms with Gasteiger partial charge in [0.2, 0.25) is 5.91 Å². The summed E-state index contributed by atoms with van der Waals surface area (Å²) in [5, 5.41) is 7.15. The molecule has 7 heteroatoms. The molecule has 0 spiro atoms. The topological polar surface area (TPSA) is 75.9 Å². The lowest BCUT2D eigenvalue weighted by Crippen LogP contribution is -2.24. The highest BCUT2D eigenvalue weighted by atomic mass is 16.1. The van der Waals surface area contributed by atoms with Crippen molar-refractivity contribution in [1.82, 2.24) is 19.7 Å². The lowest BCUT2D eigenvalue weighted by molar-refractivity contribution is -0.114. The van der Waals surface area contributed by atoms with Crippen molar-refractivity contribution in [2.75, 3.05) is 23.3 Å². The molecule has 0 radical (unpaired) electrons. The Morgan fingerprint density at radius 3 is 2.83 bits per heavy atom. The van der Waals surface area contributed by atoms with Crippen LogP contribution in [0.5, 0.6) is 0 Å². The van der Waals surface area contributed by atoms with Gasteiger partial charge in [0.25, 0.3) is 0 Å². The molecule has 1 atom stereocenters. The first-order valence-corrected chi connectivity index (χ1v) is 7.83. The first-order chi connectivity index (χ1) is 10.9. The molecule has 1 fully saturated rings. The molecule has 1 aliphatic heterocycles. The predicted molar refractivity (Wildman–Crippen MR) is 88.6 cm³/mol. The maximum Gasteiger partial charge on any atom is 0.222 e. The zero-order valence-electron chi connectivity index (χ0n) is 14.0. The second-order valence-electron chi connectivity index (χ2n) is 6.06. The molecular formula is C16H22N6O. The maximum atomic E-state index is 11.1. The van der Waals surface area contributed by atoms with Gasteiger partial charge in [0.05, 0.1) is 6.04 Å². The second-order valence-corrected chi connectivity index (χ2v) is 6.06. The molecule has 0 bridgehead atoms. The highest BCUT2D eigenvalue weighted by molar-refractivity contribution is 5.87. The monoisotopic (exact) mass is 314 g/mol. The minimum absolute atomic E-state index is 0.106. The number of hydrogen-bond donors (Lipinski definition) is 1. The van der Waals surface area contributed by atoms with Crippen LogP contribution in [-0.2, 0) is 4.79 Å². The number of hydrogen-bond acceptors (Lipinski definition) is 5. The molecule has 0 aliphatic carbocycles. The number of nitrogens with one attached hydrogen (secondary N) is 1. The van der Waals surface area contributed by atoms with Crippen molar-refractivity contribution in [3.8, 4) is 0 Å². The van der Waals surface area contributed by atoms with Crippen molar-refractivity contribution in [3.05, 3.63) is 29.3 Å². The average molecular weight is 314 g/mol. The smallest absolute Gasteiger partial charge is 0.222 e. The van der Waals surface area contributed by atoms with E-state index in [0.717, 1.165) is 42.4 Å². The summed E-state index contributed by atoms with van der Waals surface area (Å²) < 4.78 is 1.93. The Morgan fingerprint density at radius 1 is 1.30 bits per heavy atom. The molecule has 7 nitrogen and oxygen atoms in total. The minimum Gasteiger partial charge on any atom is -0.354 e. The van der Waals surface area contributed by atoms with Crippen molar-refractivity contribution in [3.63, 3.8) is 0 Å². The first kappa shape index (κ1) is 15.5. The standard InChI is InChI=1S/C16H22N6O/c1-10-11(2)17-12(3)18-16(10)21-7-5-14(9-21)22-8-6-15(20-22)19-13(4)23/h6,8,14H,5,7,9H2,1-4H3,(H,19,20,23). The van der Waals surface area contributed by atoms with Gasteiger partial charge in [-0.05, 0) is 27.2 Å². The third kappa shape index (κ3) is 3.18. The average Bonchev–Trinajstić information content (AvgIpc) is 3.11. The summed E-state index contributed by atoms with van der Waals surface area (Å²) in [6.07, 6.45) is 2.92. The van der Waals surface area contributed by atoms with Crippen molar-refractivity contribution in [1.29, 1.82) is 0 Å². The van der Waals surface area contributed by atoms with Gasteiger partial charge in [-0.15, -0.1) is 0 Å². The van der Waals surface area contributed by atoms with Crippen molar-refractivity contribution in [2.45, 2.75) is 40.2 Å². The van der Waals surface area contributed by atoms with Gasteiger partial charge in [-0.1, -0.05) is 0 Å². The summed E-state index contributed by atoms with van der Waals surface area (Å²) >= 11 is 0. The normalized spacial score (nSPS) is 17.6. The van der Waals surface area contributed by atoms with Gasteiger partial charge in [-0.2, -0.15) is 5.10 Å². The molecule has 23 heavy (non-hydrogen) atoms. The summed E-state index contributed by atoms with van der Waals surface area (Å²) in [6.45, 7) is 9.30. The van der Waals surface area contributed by atoms with Gasteiger partial charge >= 0.3 is 0 Å². The number of aromatic nitrogens is 4. The molecule has 2 aromatic rings. The van der Waals surface area contributed by atoms with Crippen LogP contribution >= 0.6 is 0 Å². The van der Waals surface area contributed by atoms with Crippen LogP contribution < -0.4 is 10.2 Å². The van der Waals surface area contributed by atoms with Gasteiger partial charge in [0.1, 0.15) is 11.6 Å². The van der Waals surface area contributed by atoms with Gasteiger partial charge in [0.15, 0.2) is 5.82 Å². The van der Waals surface area contributed by atoms with E-state index in [0.29, 0.717) is 5.82 Å². The van der Waals surface area contributed by atoms with Gasteiger partial charge < -0.3 is 10.2 Å². The fourth-order valence-corrected chi connectivity index (χ4v) is 3.00. The van der Waals surface area contributed by atoms with Crippen LogP contribution in [0.1, 0.15) is 36.5 Å². The van der Waals surface area contributed by atoms with Crippen molar-refractivity contribution in [2.24, 2.45) is 0 Å². The van der Waals surface area contributed by atoms with Crippen molar-refractivity contribution >= 4 is 17.5 Å². The molecule has 122 valence electrons. The lowest BCUT2D eigenvalue weighted by Gasteiger charge is -2.21. The largest absolute Gasteiger partial charge is 0.354 e. The van der Waals surface area contributed by atoms with E-state index in [1.807, 2.05) is 30.8 Å². The molecule has 3 heterocycles. The number of carbonyl (C=O) groups is 1. The number of carbonyl (C=O) groups excluding carboxylic acids is 1. The van der Waals surface area contributed by atoms with Crippen LogP contribution in [0.25, 0.3) is 0 Å². The van der Waals surface area contributed by atoms with Crippen LogP contribution in [0, 0.1) is 20.8 Å². The molecule has 1 unspecified atom stereocenters. The van der Waals surface area contributed by atoms with E-state index >= 15 is 0 Å². The van der Waals surface area contributed by atoms with E-state index in [1.165, 1.54) is 6.92 Å². The van der Waals surface area contributed by atoms with Crippen molar-refractivity contribution < 1.29 is 4.79 Å². The number of amides is 1. The van der Waals surface area contributed by atoms with Crippen LogP contribution in [0.15, 0.2) is 12.3 Å². The molecule has 0 saturated carbocycles. The van der Waals surface area contributed by atoms with E-state index < -0.39 is 0 Å². The van der Waals surface area contributed by atoms with Crippen LogP contribution in [0.4, 0.5) is 11.6 Å². The third-order valence-corrected chi connectivity index (χ3v) is 4.22. The molecule has 1 aliphatic rings. The first-order valence-electron chi connectivity index (χ1n) is 7.83. The molecular weight excluding hydrogens is 292 g/mol. The summed E-state index contributed by atoms with van der Waals surface area (Å²) in [5.41, 5.74) is 2.17.